The number of nitrogens with one attached hydrogen (secondary N) is 1. The summed E-state index contributed by atoms with van der Waals surface area (Å²) >= 11 is 0. The van der Waals surface area contributed by atoms with Gasteiger partial charge in [0.1, 0.15) is 0 Å². The molecule has 0 aromatic heterocycles. The molecule has 3 rings (SSSR count). The van der Waals surface area contributed by atoms with Gasteiger partial charge in [-0.15, -0.1) is 0 Å². The Kier molecular flexibility index (Phi) is 3.71. The summed E-state index contributed by atoms with van der Waals surface area (Å²) in [5.41, 5.74) is 10.5. The predicted octanol–water partition coefficient (Wildman–Crippen LogP) is 2.52. The normalized spacial score (nSPS) is 17.1. The summed E-state index contributed by atoms with van der Waals surface area (Å²) in [6, 6.07) is 12.2. The minimum Gasteiger partial charge on any atom is -0.493 e. The molecule has 1 aliphatic rings. The van der Waals surface area contributed by atoms with Crippen molar-refractivity contribution in [2.45, 2.75) is 12.5 Å². The minimum atomic E-state index is 0.0924. The van der Waals surface area contributed by atoms with E-state index in [4.69, 9.17) is 15.2 Å². The number of ether oxygens (including phenoxy) is 2. The molecule has 2 aromatic carbocycles. The van der Waals surface area contributed by atoms with Gasteiger partial charge in [-0.3, -0.25) is 0 Å². The van der Waals surface area contributed by atoms with E-state index in [9.17, 15) is 0 Å². The van der Waals surface area contributed by atoms with E-state index in [0.29, 0.717) is 0 Å². The van der Waals surface area contributed by atoms with Gasteiger partial charge in [0.2, 0.25) is 0 Å². The molecule has 1 aliphatic heterocycles. The maximum atomic E-state index is 6.14. The van der Waals surface area contributed by atoms with Gasteiger partial charge in [-0.1, -0.05) is 18.2 Å². The zero-order valence-corrected chi connectivity index (χ0v) is 12.3. The molecule has 0 bridgehead atoms. The predicted molar refractivity (Wildman–Crippen MR) is 84.0 cm³/mol. The molecule has 0 aliphatic carbocycles. The number of benzene rings is 2. The first-order valence-electron chi connectivity index (χ1n) is 7.07. The maximum Gasteiger partial charge on any atom is 0.161 e. The number of hydrogen-bond acceptors (Lipinski definition) is 4. The highest BCUT2D eigenvalue weighted by atomic mass is 16.5. The summed E-state index contributed by atoms with van der Waals surface area (Å²) in [5, 5.41) is 3.54. The molecule has 1 heterocycles. The molecule has 2 aromatic rings. The average Bonchev–Trinajstić information content (AvgIpc) is 2.53. The second kappa shape index (κ2) is 5.66. The maximum absolute atomic E-state index is 6.14. The Morgan fingerprint density at radius 3 is 2.48 bits per heavy atom. The number of methoxy groups -OCH3 is 2. The van der Waals surface area contributed by atoms with Crippen LogP contribution in [0.4, 0.5) is 5.69 Å². The van der Waals surface area contributed by atoms with E-state index in [2.05, 4.69) is 23.5 Å². The van der Waals surface area contributed by atoms with Crippen molar-refractivity contribution in [3.8, 4) is 11.5 Å². The first kappa shape index (κ1) is 13.8. The number of para-hydroxylation sites is 1. The molecule has 1 atom stereocenters. The van der Waals surface area contributed by atoms with Crippen LogP contribution in [0.2, 0.25) is 0 Å². The van der Waals surface area contributed by atoms with Crippen LogP contribution in [0, 0.1) is 0 Å². The topological polar surface area (TPSA) is 56.5 Å². The summed E-state index contributed by atoms with van der Waals surface area (Å²) < 4.78 is 10.8. The van der Waals surface area contributed by atoms with E-state index < -0.39 is 0 Å². The molecular weight excluding hydrogens is 264 g/mol. The molecule has 4 heteroatoms. The molecule has 21 heavy (non-hydrogen) atoms. The van der Waals surface area contributed by atoms with Crippen molar-refractivity contribution in [2.75, 3.05) is 26.5 Å². The van der Waals surface area contributed by atoms with Crippen LogP contribution in [-0.4, -0.2) is 20.8 Å². The highest BCUT2D eigenvalue weighted by molar-refractivity contribution is 5.56. The third-order valence-corrected chi connectivity index (χ3v) is 4.01. The fourth-order valence-electron chi connectivity index (χ4n) is 2.93. The second-order valence-electron chi connectivity index (χ2n) is 5.17. The van der Waals surface area contributed by atoms with Crippen LogP contribution < -0.4 is 20.5 Å². The third-order valence-electron chi connectivity index (χ3n) is 4.01. The highest BCUT2D eigenvalue weighted by Gasteiger charge is 2.24. The zero-order valence-electron chi connectivity index (χ0n) is 12.3. The lowest BCUT2D eigenvalue weighted by Gasteiger charge is -2.29. The van der Waals surface area contributed by atoms with Gasteiger partial charge in [-0.25, -0.2) is 0 Å². The third kappa shape index (κ3) is 2.43. The molecule has 110 valence electrons. The van der Waals surface area contributed by atoms with E-state index in [1.165, 1.54) is 11.1 Å². The highest BCUT2D eigenvalue weighted by Crippen LogP contribution is 2.38. The van der Waals surface area contributed by atoms with E-state index in [1.54, 1.807) is 14.2 Å². The van der Waals surface area contributed by atoms with Crippen molar-refractivity contribution in [3.63, 3.8) is 0 Å². The van der Waals surface area contributed by atoms with E-state index in [-0.39, 0.29) is 6.04 Å². The molecule has 0 fully saturated rings. The van der Waals surface area contributed by atoms with Crippen LogP contribution in [0.15, 0.2) is 36.4 Å². The van der Waals surface area contributed by atoms with Crippen molar-refractivity contribution in [3.05, 3.63) is 53.1 Å². The molecular formula is C17H20N2O2. The van der Waals surface area contributed by atoms with E-state index >= 15 is 0 Å². The lowest BCUT2D eigenvalue weighted by atomic mass is 9.88. The van der Waals surface area contributed by atoms with Crippen LogP contribution in [0.25, 0.3) is 0 Å². The SMILES string of the molecule is COc1cc2c(cc1OC)[C@H](c1ccccc1N)NCC2. The van der Waals surface area contributed by atoms with Crippen LogP contribution in [0.3, 0.4) is 0 Å². The summed E-state index contributed by atoms with van der Waals surface area (Å²) in [5.74, 6) is 1.53. The van der Waals surface area contributed by atoms with Crippen molar-refractivity contribution < 1.29 is 9.47 Å². The van der Waals surface area contributed by atoms with Crippen LogP contribution >= 0.6 is 0 Å². The molecule has 0 spiro atoms. The Hall–Kier alpha value is -2.20. The Morgan fingerprint density at radius 2 is 1.76 bits per heavy atom. The van der Waals surface area contributed by atoms with Crippen LogP contribution in [0.5, 0.6) is 11.5 Å². The first-order valence-corrected chi connectivity index (χ1v) is 7.07. The fraction of sp³-hybridized carbons (Fsp3) is 0.294. The Labute approximate surface area is 124 Å². The number of hydrogen-bond donors (Lipinski definition) is 2. The summed E-state index contributed by atoms with van der Waals surface area (Å²) in [6.45, 7) is 0.918. The van der Waals surface area contributed by atoms with Gasteiger partial charge in [0.05, 0.1) is 20.3 Å². The number of nitrogens with two attached hydrogens (primary N) is 1. The number of nitrogen functional groups attached to an aromatic ring is 1. The number of rotatable bonds is 3. The molecule has 0 saturated carbocycles. The van der Waals surface area contributed by atoms with E-state index in [0.717, 1.165) is 35.7 Å². The largest absolute Gasteiger partial charge is 0.493 e. The van der Waals surface area contributed by atoms with Crippen molar-refractivity contribution >= 4 is 5.69 Å². The lowest BCUT2D eigenvalue weighted by Crippen LogP contribution is -2.31. The van der Waals surface area contributed by atoms with Gasteiger partial charge < -0.3 is 20.5 Å². The fourth-order valence-corrected chi connectivity index (χ4v) is 2.93. The number of fused-ring (bicyclic) bond motifs is 1. The second-order valence-corrected chi connectivity index (χ2v) is 5.17. The van der Waals surface area contributed by atoms with Gasteiger partial charge >= 0.3 is 0 Å². The van der Waals surface area contributed by atoms with Gasteiger partial charge in [0.25, 0.3) is 0 Å². The summed E-state index contributed by atoms with van der Waals surface area (Å²) in [6.07, 6.45) is 0.971. The summed E-state index contributed by atoms with van der Waals surface area (Å²) in [7, 11) is 3.32. The van der Waals surface area contributed by atoms with E-state index in [1.807, 2.05) is 18.2 Å². The first-order chi connectivity index (χ1) is 10.2. The molecule has 0 amide bonds. The molecule has 3 N–H and O–H groups in total. The standard InChI is InChI=1S/C17H20N2O2/c1-20-15-9-11-7-8-19-17(13(11)10-16(15)21-2)12-5-3-4-6-14(12)18/h3-6,9-10,17,19H,7-8,18H2,1-2H3/t17-/m0/s1. The van der Waals surface area contributed by atoms with Crippen LogP contribution in [0.1, 0.15) is 22.7 Å². The lowest BCUT2D eigenvalue weighted by molar-refractivity contribution is 0.353. The van der Waals surface area contributed by atoms with Gasteiger partial charge in [-0.05, 0) is 41.3 Å². The quantitative estimate of drug-likeness (QED) is 0.850. The minimum absolute atomic E-state index is 0.0924. The molecule has 0 radical (unpaired) electrons. The van der Waals surface area contributed by atoms with Crippen LogP contribution in [-0.2, 0) is 6.42 Å². The van der Waals surface area contributed by atoms with Crippen molar-refractivity contribution in [1.29, 1.82) is 0 Å². The van der Waals surface area contributed by atoms with Gasteiger partial charge in [0, 0.05) is 12.2 Å². The van der Waals surface area contributed by atoms with Crippen molar-refractivity contribution in [2.24, 2.45) is 0 Å². The Morgan fingerprint density at radius 1 is 1.05 bits per heavy atom. The van der Waals surface area contributed by atoms with Gasteiger partial charge in [-0.2, -0.15) is 0 Å². The molecule has 4 nitrogen and oxygen atoms in total. The Balaban J connectivity index is 2.11. The summed E-state index contributed by atoms with van der Waals surface area (Å²) in [4.78, 5) is 0. The molecule has 0 saturated heterocycles. The monoisotopic (exact) mass is 284 g/mol. The van der Waals surface area contributed by atoms with Crippen molar-refractivity contribution in [1.82, 2.24) is 5.32 Å². The average molecular weight is 284 g/mol. The number of anilines is 1. The molecule has 0 unspecified atom stereocenters. The Bertz CT molecular complexity index is 655. The zero-order chi connectivity index (χ0) is 14.8. The smallest absolute Gasteiger partial charge is 0.161 e. The van der Waals surface area contributed by atoms with Gasteiger partial charge in [0.15, 0.2) is 11.5 Å².